The van der Waals surface area contributed by atoms with E-state index in [1.54, 1.807) is 0 Å². The fourth-order valence-corrected chi connectivity index (χ4v) is 3.36. The number of carbonyl (C=O) groups excluding carboxylic acids is 1. The molecule has 2 N–H and O–H groups in total. The maximum atomic E-state index is 12.2. The van der Waals surface area contributed by atoms with E-state index in [0.717, 1.165) is 28.4 Å². The molecule has 1 heterocycles. The molecule has 28 heavy (non-hydrogen) atoms. The number of hydrogen-bond acceptors (Lipinski definition) is 2. The Kier molecular flexibility index (Phi) is 6.26. The first kappa shape index (κ1) is 19.8. The number of ether oxygens (including phenoxy) is 1. The van der Waals surface area contributed by atoms with Crippen molar-refractivity contribution in [1.29, 1.82) is 0 Å². The minimum absolute atomic E-state index is 0.253. The van der Waals surface area contributed by atoms with Crippen LogP contribution in [0, 0.1) is 13.8 Å². The zero-order chi connectivity index (χ0) is 20.1. The van der Waals surface area contributed by atoms with Crippen molar-refractivity contribution in [2.45, 2.75) is 27.3 Å². The molecule has 0 radical (unpaired) electrons. The number of halogens is 1. The predicted molar refractivity (Wildman–Crippen MR) is 114 cm³/mol. The number of benzene rings is 2. The van der Waals surface area contributed by atoms with Crippen LogP contribution in [-0.4, -0.2) is 17.2 Å². The third-order valence-corrected chi connectivity index (χ3v) is 4.70. The lowest BCUT2D eigenvalue weighted by atomic mass is 10.2. The fraction of sp³-hybridized carbons (Fsp3) is 0.227. The second-order valence-electron chi connectivity index (χ2n) is 6.48. The van der Waals surface area contributed by atoms with Gasteiger partial charge in [-0.25, -0.2) is 4.79 Å². The highest BCUT2D eigenvalue weighted by molar-refractivity contribution is 6.30. The van der Waals surface area contributed by atoms with Gasteiger partial charge >= 0.3 is 6.03 Å². The van der Waals surface area contributed by atoms with Gasteiger partial charge in [0, 0.05) is 34.3 Å². The van der Waals surface area contributed by atoms with E-state index < -0.39 is 0 Å². The first-order valence-electron chi connectivity index (χ1n) is 9.19. The van der Waals surface area contributed by atoms with Crippen LogP contribution >= 0.6 is 11.6 Å². The van der Waals surface area contributed by atoms with E-state index in [0.29, 0.717) is 23.9 Å². The Labute approximate surface area is 170 Å². The standard InChI is InChI=1S/C22H24ClN3O2/c1-4-28-21-10-8-19(9-11-21)25-22(27)24-14-17-12-15(2)26(16(17)3)20-7-5-6-18(23)13-20/h5-13H,4,14H2,1-3H3,(H2,24,25,27). The van der Waals surface area contributed by atoms with Crippen molar-refractivity contribution < 1.29 is 9.53 Å². The second-order valence-corrected chi connectivity index (χ2v) is 6.91. The first-order valence-corrected chi connectivity index (χ1v) is 9.57. The Morgan fingerprint density at radius 1 is 1.11 bits per heavy atom. The van der Waals surface area contributed by atoms with Gasteiger partial charge in [0.05, 0.1) is 6.61 Å². The van der Waals surface area contributed by atoms with Crippen LogP contribution in [0.1, 0.15) is 23.9 Å². The highest BCUT2D eigenvalue weighted by Gasteiger charge is 2.12. The summed E-state index contributed by atoms with van der Waals surface area (Å²) in [4.78, 5) is 12.2. The van der Waals surface area contributed by atoms with E-state index in [9.17, 15) is 4.79 Å². The molecule has 0 aliphatic rings. The zero-order valence-corrected chi connectivity index (χ0v) is 17.0. The average molecular weight is 398 g/mol. The molecule has 0 saturated carbocycles. The van der Waals surface area contributed by atoms with E-state index >= 15 is 0 Å². The Morgan fingerprint density at radius 2 is 1.86 bits per heavy atom. The summed E-state index contributed by atoms with van der Waals surface area (Å²) in [6, 6.07) is 16.8. The Bertz CT molecular complexity index is 964. The van der Waals surface area contributed by atoms with Crippen LogP contribution in [0.2, 0.25) is 5.02 Å². The van der Waals surface area contributed by atoms with Gasteiger partial charge in [0.25, 0.3) is 0 Å². The third kappa shape index (κ3) is 4.67. The molecule has 0 aliphatic carbocycles. The molecule has 0 bridgehead atoms. The molecule has 2 aromatic carbocycles. The van der Waals surface area contributed by atoms with Gasteiger partial charge in [0.2, 0.25) is 0 Å². The van der Waals surface area contributed by atoms with Crippen LogP contribution in [0.4, 0.5) is 10.5 Å². The van der Waals surface area contributed by atoms with Crippen LogP contribution in [-0.2, 0) is 6.54 Å². The monoisotopic (exact) mass is 397 g/mol. The van der Waals surface area contributed by atoms with E-state index in [1.165, 1.54) is 0 Å². The quantitative estimate of drug-likeness (QED) is 0.579. The molecule has 0 fully saturated rings. The van der Waals surface area contributed by atoms with Crippen LogP contribution < -0.4 is 15.4 Å². The normalized spacial score (nSPS) is 10.6. The van der Waals surface area contributed by atoms with Gasteiger partial charge in [-0.2, -0.15) is 0 Å². The Balaban J connectivity index is 1.64. The van der Waals surface area contributed by atoms with Crippen LogP contribution in [0.15, 0.2) is 54.6 Å². The van der Waals surface area contributed by atoms with Gasteiger partial charge in [-0.1, -0.05) is 17.7 Å². The van der Waals surface area contributed by atoms with Crippen LogP contribution in [0.3, 0.4) is 0 Å². The summed E-state index contributed by atoms with van der Waals surface area (Å²) in [5, 5.41) is 6.44. The van der Waals surface area contributed by atoms with Crippen molar-refractivity contribution >= 4 is 23.3 Å². The highest BCUT2D eigenvalue weighted by Crippen LogP contribution is 2.23. The fourth-order valence-electron chi connectivity index (χ4n) is 3.17. The van der Waals surface area contributed by atoms with Crippen molar-refractivity contribution in [2.75, 3.05) is 11.9 Å². The maximum absolute atomic E-state index is 12.2. The molecule has 0 unspecified atom stereocenters. The molecule has 2 amide bonds. The van der Waals surface area contributed by atoms with E-state index in [4.69, 9.17) is 16.3 Å². The maximum Gasteiger partial charge on any atom is 0.319 e. The molecular weight excluding hydrogens is 374 g/mol. The van der Waals surface area contributed by atoms with E-state index in [2.05, 4.69) is 21.3 Å². The van der Waals surface area contributed by atoms with Crippen molar-refractivity contribution in [3.05, 3.63) is 76.6 Å². The summed E-state index contributed by atoms with van der Waals surface area (Å²) in [5.41, 5.74) is 4.93. The van der Waals surface area contributed by atoms with E-state index in [1.807, 2.05) is 69.3 Å². The number of aryl methyl sites for hydroxylation is 1. The molecule has 146 valence electrons. The smallest absolute Gasteiger partial charge is 0.319 e. The van der Waals surface area contributed by atoms with Gasteiger partial charge in [0.15, 0.2) is 0 Å². The molecule has 1 aromatic heterocycles. The summed E-state index contributed by atoms with van der Waals surface area (Å²) in [7, 11) is 0. The van der Waals surface area contributed by atoms with Gasteiger partial charge < -0.3 is 19.9 Å². The number of nitrogens with zero attached hydrogens (tertiary/aromatic N) is 1. The van der Waals surface area contributed by atoms with Crippen LogP contribution in [0.5, 0.6) is 5.75 Å². The Morgan fingerprint density at radius 3 is 2.54 bits per heavy atom. The number of aromatic nitrogens is 1. The number of anilines is 1. The number of hydrogen-bond donors (Lipinski definition) is 2. The number of rotatable bonds is 6. The van der Waals surface area contributed by atoms with Crippen molar-refractivity contribution in [2.24, 2.45) is 0 Å². The molecule has 0 aliphatic heterocycles. The lowest BCUT2D eigenvalue weighted by molar-refractivity contribution is 0.251. The SMILES string of the molecule is CCOc1ccc(NC(=O)NCc2cc(C)n(-c3cccc(Cl)c3)c2C)cc1. The molecule has 3 rings (SSSR count). The predicted octanol–water partition coefficient (Wildman–Crippen LogP) is 5.47. The van der Waals surface area contributed by atoms with Crippen LogP contribution in [0.25, 0.3) is 5.69 Å². The number of urea groups is 1. The highest BCUT2D eigenvalue weighted by atomic mass is 35.5. The molecule has 0 atom stereocenters. The van der Waals surface area contributed by atoms with Gasteiger partial charge in [-0.3, -0.25) is 0 Å². The third-order valence-electron chi connectivity index (χ3n) is 4.46. The first-order chi connectivity index (χ1) is 13.5. The topological polar surface area (TPSA) is 55.3 Å². The zero-order valence-electron chi connectivity index (χ0n) is 16.3. The Hall–Kier alpha value is -2.92. The number of carbonyl (C=O) groups is 1. The summed E-state index contributed by atoms with van der Waals surface area (Å²) in [6.07, 6.45) is 0. The van der Waals surface area contributed by atoms with Crippen molar-refractivity contribution in [3.63, 3.8) is 0 Å². The molecular formula is C22H24ClN3O2. The summed E-state index contributed by atoms with van der Waals surface area (Å²) in [6.45, 7) is 7.06. The van der Waals surface area contributed by atoms with Gasteiger partial charge in [-0.15, -0.1) is 0 Å². The van der Waals surface area contributed by atoms with Crippen molar-refractivity contribution in [1.82, 2.24) is 9.88 Å². The lowest BCUT2D eigenvalue weighted by Gasteiger charge is -2.11. The minimum atomic E-state index is -0.253. The van der Waals surface area contributed by atoms with Gasteiger partial charge in [-0.05, 0) is 74.9 Å². The minimum Gasteiger partial charge on any atom is -0.494 e. The second kappa shape index (κ2) is 8.85. The van der Waals surface area contributed by atoms with Crippen molar-refractivity contribution in [3.8, 4) is 11.4 Å². The lowest BCUT2D eigenvalue weighted by Crippen LogP contribution is -2.28. The summed E-state index contributed by atoms with van der Waals surface area (Å²) < 4.78 is 7.53. The molecule has 6 heteroatoms. The molecule has 3 aromatic rings. The molecule has 5 nitrogen and oxygen atoms in total. The van der Waals surface area contributed by atoms with E-state index in [-0.39, 0.29) is 6.03 Å². The summed E-state index contributed by atoms with van der Waals surface area (Å²) >= 11 is 6.13. The largest absolute Gasteiger partial charge is 0.494 e. The number of amides is 2. The number of nitrogens with one attached hydrogen (secondary N) is 2. The summed E-state index contributed by atoms with van der Waals surface area (Å²) in [5.74, 6) is 0.780. The molecule has 0 saturated heterocycles. The molecule has 0 spiro atoms. The van der Waals surface area contributed by atoms with Gasteiger partial charge in [0.1, 0.15) is 5.75 Å². The average Bonchev–Trinajstić information content (AvgIpc) is 2.95.